The van der Waals surface area contributed by atoms with Gasteiger partial charge in [0.25, 0.3) is 0 Å². The average molecular weight is 317 g/mol. The predicted molar refractivity (Wildman–Crippen MR) is 77.8 cm³/mol. The summed E-state index contributed by atoms with van der Waals surface area (Å²) in [6, 6.07) is 5.09. The maximum absolute atomic E-state index is 11.5. The molecule has 0 saturated carbocycles. The fourth-order valence-corrected chi connectivity index (χ4v) is 2.48. The number of carbonyl (C=O) groups is 1. The third-order valence-electron chi connectivity index (χ3n) is 2.16. The van der Waals surface area contributed by atoms with Gasteiger partial charge in [-0.05, 0) is 25.1 Å². The molecule has 0 aliphatic carbocycles. The molecule has 0 saturated heterocycles. The smallest absolute Gasteiger partial charge is 0.357 e. The number of benzene rings is 1. The van der Waals surface area contributed by atoms with Crippen molar-refractivity contribution in [3.8, 4) is 0 Å². The van der Waals surface area contributed by atoms with E-state index in [1.54, 1.807) is 30.5 Å². The summed E-state index contributed by atoms with van der Waals surface area (Å²) in [5.74, 6) is -0.436. The lowest BCUT2D eigenvalue weighted by Gasteiger charge is -2.05. The number of ether oxygens (including phenoxy) is 1. The van der Waals surface area contributed by atoms with Gasteiger partial charge < -0.3 is 10.1 Å². The molecule has 2 aromatic rings. The average Bonchev–Trinajstić information content (AvgIpc) is 2.82. The van der Waals surface area contributed by atoms with Gasteiger partial charge in [0.15, 0.2) is 10.8 Å². The predicted octanol–water partition coefficient (Wildman–Crippen LogP) is 4.37. The van der Waals surface area contributed by atoms with Gasteiger partial charge in [-0.3, -0.25) is 0 Å². The second kappa shape index (κ2) is 6.23. The highest BCUT2D eigenvalue weighted by atomic mass is 35.5. The molecule has 2 rings (SSSR count). The van der Waals surface area contributed by atoms with E-state index in [4.69, 9.17) is 27.9 Å². The molecule has 1 aromatic heterocycles. The summed E-state index contributed by atoms with van der Waals surface area (Å²) in [5.41, 5.74) is 0.954. The Kier molecular flexibility index (Phi) is 4.63. The van der Waals surface area contributed by atoms with Crippen molar-refractivity contribution in [2.75, 3.05) is 11.9 Å². The molecule has 0 spiro atoms. The van der Waals surface area contributed by atoms with E-state index in [1.165, 1.54) is 11.3 Å². The Morgan fingerprint density at radius 3 is 2.95 bits per heavy atom. The Bertz CT molecular complexity index is 601. The monoisotopic (exact) mass is 316 g/mol. The molecule has 0 radical (unpaired) electrons. The van der Waals surface area contributed by atoms with Gasteiger partial charge in [0.2, 0.25) is 0 Å². The molecule has 0 unspecified atom stereocenters. The van der Waals surface area contributed by atoms with E-state index in [-0.39, 0.29) is 5.69 Å². The van der Waals surface area contributed by atoms with Crippen molar-refractivity contribution in [3.05, 3.63) is 39.3 Å². The molecule has 1 heterocycles. The van der Waals surface area contributed by atoms with E-state index in [1.807, 2.05) is 0 Å². The summed E-state index contributed by atoms with van der Waals surface area (Å²) in [5, 5.41) is 6.26. The van der Waals surface area contributed by atoms with Crippen LogP contribution in [0.2, 0.25) is 10.0 Å². The molecule has 0 fully saturated rings. The first-order chi connectivity index (χ1) is 9.10. The summed E-state index contributed by atoms with van der Waals surface area (Å²) < 4.78 is 4.86. The molecule has 0 bridgehead atoms. The Morgan fingerprint density at radius 2 is 2.26 bits per heavy atom. The van der Waals surface area contributed by atoms with Crippen LogP contribution >= 0.6 is 34.5 Å². The minimum Gasteiger partial charge on any atom is -0.461 e. The van der Waals surface area contributed by atoms with Crippen molar-refractivity contribution in [1.29, 1.82) is 0 Å². The molecule has 0 aliphatic heterocycles. The Hall–Kier alpha value is -1.30. The minimum atomic E-state index is -0.436. The van der Waals surface area contributed by atoms with Gasteiger partial charge in [-0.1, -0.05) is 23.2 Å². The van der Waals surface area contributed by atoms with E-state index < -0.39 is 5.97 Å². The van der Waals surface area contributed by atoms with Crippen LogP contribution in [0.5, 0.6) is 0 Å². The first kappa shape index (κ1) is 14.1. The zero-order valence-electron chi connectivity index (χ0n) is 9.94. The quantitative estimate of drug-likeness (QED) is 0.851. The Balaban J connectivity index is 2.13. The second-order valence-corrected chi connectivity index (χ2v) is 5.21. The minimum absolute atomic E-state index is 0.277. The van der Waals surface area contributed by atoms with E-state index in [2.05, 4.69) is 10.3 Å². The van der Waals surface area contributed by atoms with Crippen molar-refractivity contribution in [3.63, 3.8) is 0 Å². The zero-order valence-corrected chi connectivity index (χ0v) is 12.3. The van der Waals surface area contributed by atoms with Crippen LogP contribution in [0.1, 0.15) is 17.4 Å². The first-order valence-corrected chi connectivity index (χ1v) is 7.08. The normalized spacial score (nSPS) is 10.3. The Labute approximate surface area is 124 Å². The van der Waals surface area contributed by atoms with E-state index in [0.717, 1.165) is 0 Å². The highest BCUT2D eigenvalue weighted by molar-refractivity contribution is 7.14. The standard InChI is InChI=1S/C12H10Cl2N2O2S/c1-2-18-11(17)10-6-19-12(16-10)15-9-4-3-7(13)5-8(9)14/h3-6H,2H2,1H3,(H,15,16). The summed E-state index contributed by atoms with van der Waals surface area (Å²) in [7, 11) is 0. The van der Waals surface area contributed by atoms with Gasteiger partial charge in [0.1, 0.15) is 0 Å². The number of rotatable bonds is 4. The molecule has 0 amide bonds. The van der Waals surface area contributed by atoms with E-state index in [9.17, 15) is 4.79 Å². The van der Waals surface area contributed by atoms with Crippen LogP contribution in [0.25, 0.3) is 0 Å². The molecular weight excluding hydrogens is 307 g/mol. The molecular formula is C12H10Cl2N2O2S. The van der Waals surface area contributed by atoms with Crippen molar-refractivity contribution < 1.29 is 9.53 Å². The van der Waals surface area contributed by atoms with Crippen LogP contribution in [0.3, 0.4) is 0 Å². The third kappa shape index (κ3) is 3.59. The number of aromatic nitrogens is 1. The van der Waals surface area contributed by atoms with Crippen molar-refractivity contribution in [1.82, 2.24) is 4.98 Å². The number of thiazole rings is 1. The molecule has 19 heavy (non-hydrogen) atoms. The maximum Gasteiger partial charge on any atom is 0.357 e. The summed E-state index contributed by atoms with van der Waals surface area (Å²) in [6.07, 6.45) is 0. The van der Waals surface area contributed by atoms with Gasteiger partial charge in [0, 0.05) is 10.4 Å². The summed E-state index contributed by atoms with van der Waals surface area (Å²) >= 11 is 13.1. The first-order valence-electron chi connectivity index (χ1n) is 5.45. The van der Waals surface area contributed by atoms with Gasteiger partial charge in [0.05, 0.1) is 17.3 Å². The number of halogens is 2. The largest absolute Gasteiger partial charge is 0.461 e. The third-order valence-corrected chi connectivity index (χ3v) is 3.47. The Morgan fingerprint density at radius 1 is 1.47 bits per heavy atom. The van der Waals surface area contributed by atoms with Crippen molar-refractivity contribution >= 4 is 51.3 Å². The lowest BCUT2D eigenvalue weighted by atomic mass is 10.3. The lowest BCUT2D eigenvalue weighted by molar-refractivity contribution is 0.0520. The van der Waals surface area contributed by atoms with E-state index in [0.29, 0.717) is 27.5 Å². The summed E-state index contributed by atoms with van der Waals surface area (Å²) in [4.78, 5) is 15.6. The molecule has 1 N–H and O–H groups in total. The van der Waals surface area contributed by atoms with Crippen LogP contribution in [0.4, 0.5) is 10.8 Å². The number of nitrogens with zero attached hydrogens (tertiary/aromatic N) is 1. The van der Waals surface area contributed by atoms with Gasteiger partial charge >= 0.3 is 5.97 Å². The number of esters is 1. The molecule has 1 aromatic carbocycles. The topological polar surface area (TPSA) is 51.2 Å². The van der Waals surface area contributed by atoms with Crippen LogP contribution in [-0.4, -0.2) is 17.6 Å². The zero-order chi connectivity index (χ0) is 13.8. The fraction of sp³-hybridized carbons (Fsp3) is 0.167. The second-order valence-electron chi connectivity index (χ2n) is 3.51. The van der Waals surface area contributed by atoms with Gasteiger partial charge in [-0.2, -0.15) is 0 Å². The number of nitrogens with one attached hydrogen (secondary N) is 1. The number of hydrogen-bond donors (Lipinski definition) is 1. The molecule has 0 atom stereocenters. The van der Waals surface area contributed by atoms with Crippen LogP contribution in [0.15, 0.2) is 23.6 Å². The van der Waals surface area contributed by atoms with Crippen molar-refractivity contribution in [2.24, 2.45) is 0 Å². The number of carbonyl (C=O) groups excluding carboxylic acids is 1. The molecule has 100 valence electrons. The van der Waals surface area contributed by atoms with Crippen LogP contribution < -0.4 is 5.32 Å². The van der Waals surface area contributed by atoms with E-state index >= 15 is 0 Å². The highest BCUT2D eigenvalue weighted by Gasteiger charge is 2.12. The van der Waals surface area contributed by atoms with Gasteiger partial charge in [-0.15, -0.1) is 11.3 Å². The van der Waals surface area contributed by atoms with Crippen molar-refractivity contribution in [2.45, 2.75) is 6.92 Å². The SMILES string of the molecule is CCOC(=O)c1csc(Nc2ccc(Cl)cc2Cl)n1. The summed E-state index contributed by atoms with van der Waals surface area (Å²) in [6.45, 7) is 2.07. The van der Waals surface area contributed by atoms with Gasteiger partial charge in [-0.25, -0.2) is 9.78 Å². The molecule has 4 nitrogen and oxygen atoms in total. The molecule has 7 heteroatoms. The lowest BCUT2D eigenvalue weighted by Crippen LogP contribution is -2.05. The number of anilines is 2. The van der Waals surface area contributed by atoms with Crippen LogP contribution in [0, 0.1) is 0 Å². The fourth-order valence-electron chi connectivity index (χ4n) is 1.34. The van der Waals surface area contributed by atoms with Crippen LogP contribution in [-0.2, 0) is 4.74 Å². The maximum atomic E-state index is 11.5. The number of hydrogen-bond acceptors (Lipinski definition) is 5. The molecule has 0 aliphatic rings. The highest BCUT2D eigenvalue weighted by Crippen LogP contribution is 2.29.